The smallest absolute Gasteiger partial charge is 0.337 e. The van der Waals surface area contributed by atoms with Gasteiger partial charge in [0.1, 0.15) is 0 Å². The molecule has 0 aliphatic carbocycles. The molecule has 0 unspecified atom stereocenters. The lowest BCUT2D eigenvalue weighted by molar-refractivity contribution is -0.117. The minimum absolute atomic E-state index is 0.0685. The highest BCUT2D eigenvalue weighted by molar-refractivity contribution is 14.1. The summed E-state index contributed by atoms with van der Waals surface area (Å²) >= 11 is 2.02. The van der Waals surface area contributed by atoms with Gasteiger partial charge in [-0.1, -0.05) is 13.3 Å². The molecule has 0 saturated heterocycles. The molecule has 98 valence electrons. The number of hydrogen-bond acceptors (Lipinski definition) is 3. The maximum absolute atomic E-state index is 11.7. The quantitative estimate of drug-likeness (QED) is 0.699. The molecule has 6 heteroatoms. The van der Waals surface area contributed by atoms with E-state index in [0.29, 0.717) is 6.42 Å². The summed E-state index contributed by atoms with van der Waals surface area (Å²) in [5.41, 5.74) is 6.02. The molecule has 1 aromatic carbocycles. The second-order valence-electron chi connectivity index (χ2n) is 3.88. The number of benzene rings is 1. The normalized spacial score (nSPS) is 11.9. The van der Waals surface area contributed by atoms with Crippen molar-refractivity contribution in [3.63, 3.8) is 0 Å². The van der Waals surface area contributed by atoms with Crippen LogP contribution < -0.4 is 11.1 Å². The Kier molecular flexibility index (Phi) is 5.54. The number of carboxylic acids is 1. The van der Waals surface area contributed by atoms with Crippen molar-refractivity contribution in [2.24, 2.45) is 5.73 Å². The minimum atomic E-state index is -1.08. The molecule has 0 aliphatic rings. The largest absolute Gasteiger partial charge is 0.478 e. The van der Waals surface area contributed by atoms with Crippen LogP contribution in [-0.4, -0.2) is 23.0 Å². The van der Waals surface area contributed by atoms with Crippen molar-refractivity contribution in [2.75, 3.05) is 5.32 Å². The molecular weight excluding hydrogens is 347 g/mol. The molecule has 1 aromatic rings. The van der Waals surface area contributed by atoms with Gasteiger partial charge < -0.3 is 16.2 Å². The molecule has 1 amide bonds. The van der Waals surface area contributed by atoms with Crippen molar-refractivity contribution in [2.45, 2.75) is 25.8 Å². The molecule has 0 fully saturated rings. The summed E-state index contributed by atoms with van der Waals surface area (Å²) < 4.78 is 0.792. The molecule has 0 spiro atoms. The van der Waals surface area contributed by atoms with Crippen LogP contribution >= 0.6 is 22.6 Å². The van der Waals surface area contributed by atoms with E-state index < -0.39 is 12.0 Å². The molecule has 0 heterocycles. The highest BCUT2D eigenvalue weighted by Crippen LogP contribution is 2.19. The number of carbonyl (C=O) groups excluding carboxylic acids is 1. The average Bonchev–Trinajstić information content (AvgIpc) is 2.31. The van der Waals surface area contributed by atoms with Gasteiger partial charge in [0, 0.05) is 3.57 Å². The first-order valence-corrected chi connectivity index (χ1v) is 6.62. The summed E-state index contributed by atoms with van der Waals surface area (Å²) in [5, 5.41) is 11.6. The standard InChI is InChI=1S/C12H15IN2O3/c1-2-3-9(14)11(16)15-10-5-4-7(13)6-8(10)12(17)18/h4-6,9H,2-3,14H2,1H3,(H,15,16)(H,17,18)/t9-/m1/s1. The van der Waals surface area contributed by atoms with Gasteiger partial charge in [0.25, 0.3) is 0 Å². The zero-order valence-electron chi connectivity index (χ0n) is 9.94. The van der Waals surface area contributed by atoms with Crippen molar-refractivity contribution in [3.05, 3.63) is 27.3 Å². The van der Waals surface area contributed by atoms with E-state index in [0.717, 1.165) is 9.99 Å². The van der Waals surface area contributed by atoms with Crippen LogP contribution in [0, 0.1) is 3.57 Å². The molecular formula is C12H15IN2O3. The average molecular weight is 362 g/mol. The molecule has 5 nitrogen and oxygen atoms in total. The zero-order valence-corrected chi connectivity index (χ0v) is 12.1. The van der Waals surface area contributed by atoms with E-state index in [1.165, 1.54) is 6.07 Å². The van der Waals surface area contributed by atoms with Gasteiger partial charge in [-0.15, -0.1) is 0 Å². The first-order chi connectivity index (χ1) is 8.45. The highest BCUT2D eigenvalue weighted by Gasteiger charge is 2.16. The van der Waals surface area contributed by atoms with E-state index in [4.69, 9.17) is 10.8 Å². The Morgan fingerprint density at radius 2 is 2.17 bits per heavy atom. The number of amides is 1. The number of halogens is 1. The van der Waals surface area contributed by atoms with Gasteiger partial charge >= 0.3 is 5.97 Å². The van der Waals surface area contributed by atoms with Gasteiger partial charge in [-0.3, -0.25) is 4.79 Å². The van der Waals surface area contributed by atoms with Crippen LogP contribution in [0.15, 0.2) is 18.2 Å². The predicted octanol–water partition coefficient (Wildman–Crippen LogP) is 2.06. The Labute approximate surface area is 119 Å². The van der Waals surface area contributed by atoms with Gasteiger partial charge in [-0.05, 0) is 47.2 Å². The number of carboxylic acid groups (broad SMARTS) is 1. The molecule has 0 aromatic heterocycles. The van der Waals surface area contributed by atoms with Gasteiger partial charge in [0.2, 0.25) is 5.91 Å². The fourth-order valence-electron chi connectivity index (χ4n) is 1.47. The monoisotopic (exact) mass is 362 g/mol. The molecule has 1 atom stereocenters. The topological polar surface area (TPSA) is 92.4 Å². The van der Waals surface area contributed by atoms with Gasteiger partial charge in [0.05, 0.1) is 17.3 Å². The van der Waals surface area contributed by atoms with Crippen molar-refractivity contribution in [3.8, 4) is 0 Å². The van der Waals surface area contributed by atoms with Crippen LogP contribution in [-0.2, 0) is 4.79 Å². The number of rotatable bonds is 5. The summed E-state index contributed by atoms with van der Waals surface area (Å²) in [4.78, 5) is 22.8. The van der Waals surface area contributed by atoms with E-state index in [1.54, 1.807) is 12.1 Å². The van der Waals surface area contributed by atoms with E-state index >= 15 is 0 Å². The predicted molar refractivity (Wildman–Crippen MR) is 77.6 cm³/mol. The SMILES string of the molecule is CCC[C@@H](N)C(=O)Nc1ccc(I)cc1C(=O)O. The fraction of sp³-hybridized carbons (Fsp3) is 0.333. The first kappa shape index (κ1) is 14.9. The summed E-state index contributed by atoms with van der Waals surface area (Å²) in [7, 11) is 0. The summed E-state index contributed by atoms with van der Waals surface area (Å²) in [6.07, 6.45) is 1.37. The van der Waals surface area contributed by atoms with Crippen LogP contribution in [0.25, 0.3) is 0 Å². The summed E-state index contributed by atoms with van der Waals surface area (Å²) in [6.45, 7) is 1.93. The Morgan fingerprint density at radius 3 is 2.72 bits per heavy atom. The lowest BCUT2D eigenvalue weighted by atomic mass is 10.1. The third-order valence-electron chi connectivity index (χ3n) is 2.41. The van der Waals surface area contributed by atoms with E-state index in [-0.39, 0.29) is 17.2 Å². The fourth-order valence-corrected chi connectivity index (χ4v) is 1.96. The molecule has 4 N–H and O–H groups in total. The highest BCUT2D eigenvalue weighted by atomic mass is 127. The molecule has 1 rings (SSSR count). The first-order valence-electron chi connectivity index (χ1n) is 5.55. The number of nitrogens with two attached hydrogens (primary N) is 1. The molecule has 0 radical (unpaired) electrons. The third kappa shape index (κ3) is 3.95. The van der Waals surface area contributed by atoms with Crippen molar-refractivity contribution >= 4 is 40.2 Å². The number of anilines is 1. The number of nitrogens with one attached hydrogen (secondary N) is 1. The Balaban J connectivity index is 2.90. The Morgan fingerprint density at radius 1 is 1.50 bits per heavy atom. The third-order valence-corrected chi connectivity index (χ3v) is 3.08. The van der Waals surface area contributed by atoms with E-state index in [1.807, 2.05) is 29.5 Å². The van der Waals surface area contributed by atoms with Crippen molar-refractivity contribution in [1.82, 2.24) is 0 Å². The van der Waals surface area contributed by atoms with Gasteiger partial charge in [0.15, 0.2) is 0 Å². The van der Waals surface area contributed by atoms with Crippen LogP contribution in [0.1, 0.15) is 30.1 Å². The van der Waals surface area contributed by atoms with E-state index in [2.05, 4.69) is 5.32 Å². The number of carbonyl (C=O) groups is 2. The number of aromatic carboxylic acids is 1. The summed E-state index contributed by atoms with van der Waals surface area (Å²) in [5.74, 6) is -1.44. The van der Waals surface area contributed by atoms with Crippen LogP contribution in [0.4, 0.5) is 5.69 Å². The second kappa shape index (κ2) is 6.69. The van der Waals surface area contributed by atoms with E-state index in [9.17, 15) is 9.59 Å². The molecule has 0 saturated carbocycles. The second-order valence-corrected chi connectivity index (χ2v) is 5.13. The lowest BCUT2D eigenvalue weighted by Crippen LogP contribution is -2.35. The van der Waals surface area contributed by atoms with Crippen molar-refractivity contribution in [1.29, 1.82) is 0 Å². The number of hydrogen-bond donors (Lipinski definition) is 3. The molecule has 0 aliphatic heterocycles. The molecule has 0 bridgehead atoms. The zero-order chi connectivity index (χ0) is 13.7. The maximum Gasteiger partial charge on any atom is 0.337 e. The van der Waals surface area contributed by atoms with Crippen LogP contribution in [0.5, 0.6) is 0 Å². The Bertz CT molecular complexity index is 463. The van der Waals surface area contributed by atoms with Crippen LogP contribution in [0.3, 0.4) is 0 Å². The lowest BCUT2D eigenvalue weighted by Gasteiger charge is -2.13. The molecule has 18 heavy (non-hydrogen) atoms. The van der Waals surface area contributed by atoms with Crippen molar-refractivity contribution < 1.29 is 14.7 Å². The van der Waals surface area contributed by atoms with Gasteiger partial charge in [-0.25, -0.2) is 4.79 Å². The maximum atomic E-state index is 11.7. The Hall–Kier alpha value is -1.15. The van der Waals surface area contributed by atoms with Crippen LogP contribution in [0.2, 0.25) is 0 Å². The summed E-state index contributed by atoms with van der Waals surface area (Å²) in [6, 6.07) is 4.19. The minimum Gasteiger partial charge on any atom is -0.478 e. The van der Waals surface area contributed by atoms with Gasteiger partial charge in [-0.2, -0.15) is 0 Å².